The third-order valence-electron chi connectivity index (χ3n) is 2.85. The summed E-state index contributed by atoms with van der Waals surface area (Å²) in [6, 6.07) is 6.44. The first-order valence-electron chi connectivity index (χ1n) is 7.38. The first-order valence-corrected chi connectivity index (χ1v) is 8.46. The van der Waals surface area contributed by atoms with Crippen LogP contribution in [0.5, 0.6) is 0 Å². The van der Waals surface area contributed by atoms with E-state index in [4.69, 9.17) is 11.5 Å². The van der Waals surface area contributed by atoms with Crippen LogP contribution >= 0.6 is 22.6 Å². The fraction of sp³-hybridized carbons (Fsp3) is 0. The van der Waals surface area contributed by atoms with Crippen LogP contribution in [0.1, 0.15) is 0 Å². The number of aromatic nitrogens is 6. The average molecular weight is 484 g/mol. The molecule has 0 aliphatic rings. The Hall–Kier alpha value is -3.09. The maximum absolute atomic E-state index is 13.1. The number of halogens is 3. The standard InChI is InChI=1S/C8H7FN4.C5H3FIN.C3H5N3/c9-6-5-11-3-1-7(6)13-4-2-8(10)12-13;6-4-3-8-2-1-5(4)7;4-3-1-2-5-6-3/h1-5H,(H2,10,12);1-3H;1-2H,(H3,4,5,6). The predicted molar refractivity (Wildman–Crippen MR) is 106 cm³/mol. The topological polar surface area (TPSA) is 124 Å². The second kappa shape index (κ2) is 10.2. The Morgan fingerprint density at radius 1 is 0.926 bits per heavy atom. The Labute approximate surface area is 166 Å². The summed E-state index contributed by atoms with van der Waals surface area (Å²) in [7, 11) is 0. The van der Waals surface area contributed by atoms with Gasteiger partial charge in [-0.3, -0.25) is 15.1 Å². The first-order chi connectivity index (χ1) is 13.0. The minimum atomic E-state index is -0.425. The quantitative estimate of drug-likeness (QED) is 0.357. The number of rotatable bonds is 1. The fourth-order valence-corrected chi connectivity index (χ4v) is 1.95. The zero-order chi connectivity index (χ0) is 19.6. The maximum Gasteiger partial charge on any atom is 0.167 e. The van der Waals surface area contributed by atoms with Crippen molar-refractivity contribution in [2.24, 2.45) is 0 Å². The second-order valence-corrected chi connectivity index (χ2v) is 5.98. The second-order valence-electron chi connectivity index (χ2n) is 4.81. The van der Waals surface area contributed by atoms with Gasteiger partial charge in [-0.25, -0.2) is 13.5 Å². The molecular formula is C16H15F2IN8. The minimum Gasteiger partial charge on any atom is -0.384 e. The predicted octanol–water partition coefficient (Wildman–Crippen LogP) is 2.81. The number of aromatic amines is 1. The molecule has 0 aliphatic carbocycles. The highest BCUT2D eigenvalue weighted by atomic mass is 127. The van der Waals surface area contributed by atoms with Gasteiger partial charge in [0.15, 0.2) is 11.6 Å². The molecule has 11 heteroatoms. The number of nitrogens with two attached hydrogens (primary N) is 2. The summed E-state index contributed by atoms with van der Waals surface area (Å²) in [5.74, 6) is 0.282. The minimum absolute atomic E-state index is 0.256. The molecule has 0 spiro atoms. The molecule has 0 bridgehead atoms. The molecular weight excluding hydrogens is 469 g/mol. The van der Waals surface area contributed by atoms with Crippen LogP contribution in [0.15, 0.2) is 61.4 Å². The van der Waals surface area contributed by atoms with Crippen molar-refractivity contribution in [2.75, 3.05) is 11.5 Å². The molecule has 4 aromatic rings. The molecule has 0 fully saturated rings. The summed E-state index contributed by atoms with van der Waals surface area (Å²) >= 11 is 1.91. The summed E-state index contributed by atoms with van der Waals surface area (Å²) in [5, 5.41) is 9.97. The van der Waals surface area contributed by atoms with E-state index in [1.807, 2.05) is 22.6 Å². The van der Waals surface area contributed by atoms with E-state index in [0.717, 1.165) is 6.20 Å². The van der Waals surface area contributed by atoms with Crippen molar-refractivity contribution in [1.82, 2.24) is 29.9 Å². The van der Waals surface area contributed by atoms with Crippen molar-refractivity contribution < 1.29 is 8.78 Å². The van der Waals surface area contributed by atoms with Gasteiger partial charge in [-0.05, 0) is 40.8 Å². The van der Waals surface area contributed by atoms with E-state index < -0.39 is 5.82 Å². The van der Waals surface area contributed by atoms with Crippen LogP contribution in [0.2, 0.25) is 0 Å². The molecule has 0 aromatic carbocycles. The molecule has 4 aromatic heterocycles. The SMILES string of the molecule is Fc1cnccc1I.Nc1ccn(-c2ccncc2F)n1.Nc1ccn[nH]1. The smallest absolute Gasteiger partial charge is 0.167 e. The van der Waals surface area contributed by atoms with E-state index in [0.29, 0.717) is 20.9 Å². The van der Waals surface area contributed by atoms with Gasteiger partial charge < -0.3 is 11.5 Å². The Morgan fingerprint density at radius 2 is 1.63 bits per heavy atom. The van der Waals surface area contributed by atoms with E-state index in [1.165, 1.54) is 23.1 Å². The Kier molecular flexibility index (Phi) is 7.61. The lowest BCUT2D eigenvalue weighted by atomic mass is 10.4. The van der Waals surface area contributed by atoms with Crippen molar-refractivity contribution in [3.63, 3.8) is 0 Å². The molecule has 0 atom stereocenters. The van der Waals surface area contributed by atoms with Crippen LogP contribution in [-0.4, -0.2) is 29.9 Å². The van der Waals surface area contributed by atoms with Crippen LogP contribution in [-0.2, 0) is 0 Å². The third-order valence-corrected chi connectivity index (χ3v) is 3.73. The van der Waals surface area contributed by atoms with E-state index in [-0.39, 0.29) is 5.82 Å². The highest BCUT2D eigenvalue weighted by molar-refractivity contribution is 14.1. The largest absolute Gasteiger partial charge is 0.384 e. The number of H-pyrrole nitrogens is 1. The molecule has 0 saturated heterocycles. The van der Waals surface area contributed by atoms with E-state index in [1.54, 1.807) is 36.8 Å². The van der Waals surface area contributed by atoms with Crippen molar-refractivity contribution in [3.05, 3.63) is 76.7 Å². The van der Waals surface area contributed by atoms with Gasteiger partial charge in [0.05, 0.1) is 22.2 Å². The Morgan fingerprint density at radius 3 is 2.04 bits per heavy atom. The molecule has 5 N–H and O–H groups in total. The van der Waals surface area contributed by atoms with Gasteiger partial charge in [0.2, 0.25) is 0 Å². The van der Waals surface area contributed by atoms with Crippen molar-refractivity contribution in [2.45, 2.75) is 0 Å². The Balaban J connectivity index is 0.000000159. The molecule has 4 rings (SSSR count). The summed E-state index contributed by atoms with van der Waals surface area (Å²) < 4.78 is 27.3. The van der Waals surface area contributed by atoms with Gasteiger partial charge >= 0.3 is 0 Å². The number of anilines is 2. The molecule has 0 unspecified atom stereocenters. The van der Waals surface area contributed by atoms with Crippen LogP contribution in [0, 0.1) is 15.2 Å². The first kappa shape index (κ1) is 20.2. The highest BCUT2D eigenvalue weighted by Crippen LogP contribution is 2.11. The monoisotopic (exact) mass is 484 g/mol. The normalized spacial score (nSPS) is 9.59. The lowest BCUT2D eigenvalue weighted by Gasteiger charge is -2.00. The van der Waals surface area contributed by atoms with E-state index in [2.05, 4.69) is 25.3 Å². The van der Waals surface area contributed by atoms with Crippen molar-refractivity contribution in [1.29, 1.82) is 0 Å². The Bertz CT molecular complexity index is 937. The molecule has 0 amide bonds. The number of hydrogen-bond acceptors (Lipinski definition) is 6. The lowest BCUT2D eigenvalue weighted by Crippen LogP contribution is -1.99. The summed E-state index contributed by atoms with van der Waals surface area (Å²) in [5.41, 5.74) is 10.9. The number of pyridine rings is 2. The van der Waals surface area contributed by atoms with Crippen molar-refractivity contribution in [3.8, 4) is 5.69 Å². The van der Waals surface area contributed by atoms with Crippen LogP contribution in [0.25, 0.3) is 5.69 Å². The highest BCUT2D eigenvalue weighted by Gasteiger charge is 2.03. The molecule has 140 valence electrons. The molecule has 27 heavy (non-hydrogen) atoms. The van der Waals surface area contributed by atoms with Gasteiger partial charge in [-0.15, -0.1) is 0 Å². The molecule has 0 saturated carbocycles. The van der Waals surface area contributed by atoms with Gasteiger partial charge in [-0.2, -0.15) is 10.2 Å². The summed E-state index contributed by atoms with van der Waals surface area (Å²) in [6.07, 6.45) is 8.58. The number of nitrogens with one attached hydrogen (secondary N) is 1. The average Bonchev–Trinajstić information content (AvgIpc) is 3.30. The zero-order valence-corrected chi connectivity index (χ0v) is 16.0. The van der Waals surface area contributed by atoms with E-state index in [9.17, 15) is 8.78 Å². The fourth-order valence-electron chi connectivity index (χ4n) is 1.65. The summed E-state index contributed by atoms with van der Waals surface area (Å²) in [4.78, 5) is 7.20. The maximum atomic E-state index is 13.1. The number of hydrogen-bond donors (Lipinski definition) is 3. The van der Waals surface area contributed by atoms with Crippen LogP contribution in [0.3, 0.4) is 0 Å². The third kappa shape index (κ3) is 6.62. The summed E-state index contributed by atoms with van der Waals surface area (Å²) in [6.45, 7) is 0. The molecule has 4 heterocycles. The molecule has 0 radical (unpaired) electrons. The molecule has 8 nitrogen and oxygen atoms in total. The van der Waals surface area contributed by atoms with Gasteiger partial charge in [-0.1, -0.05) is 0 Å². The van der Waals surface area contributed by atoms with E-state index >= 15 is 0 Å². The van der Waals surface area contributed by atoms with Gasteiger partial charge in [0, 0.05) is 24.7 Å². The van der Waals surface area contributed by atoms with Crippen LogP contribution < -0.4 is 11.5 Å². The number of nitrogens with zero attached hydrogens (tertiary/aromatic N) is 5. The van der Waals surface area contributed by atoms with Crippen LogP contribution in [0.4, 0.5) is 20.4 Å². The number of nitrogen functional groups attached to an aromatic ring is 2. The van der Waals surface area contributed by atoms with Crippen molar-refractivity contribution >= 4 is 34.2 Å². The van der Waals surface area contributed by atoms with Gasteiger partial charge in [0.25, 0.3) is 0 Å². The molecule has 0 aliphatic heterocycles. The van der Waals surface area contributed by atoms with Gasteiger partial charge in [0.1, 0.15) is 17.3 Å². The lowest BCUT2D eigenvalue weighted by molar-refractivity contribution is 0.605. The zero-order valence-electron chi connectivity index (χ0n) is 13.8.